The molecule has 0 spiro atoms. The maximum atomic E-state index is 10.8. The van der Waals surface area contributed by atoms with Crippen LogP contribution in [0.5, 0.6) is 0 Å². The van der Waals surface area contributed by atoms with Crippen LogP contribution in [0.3, 0.4) is 0 Å². The van der Waals surface area contributed by atoms with Crippen molar-refractivity contribution in [2.24, 2.45) is 0 Å². The SMILES string of the molecule is CC(=O)OC1=CCC(c2ccccc2)CC1. The number of hydrogen-bond acceptors (Lipinski definition) is 2. The van der Waals surface area contributed by atoms with E-state index < -0.39 is 0 Å². The van der Waals surface area contributed by atoms with Gasteiger partial charge in [0.25, 0.3) is 0 Å². The fraction of sp³-hybridized carbons (Fsp3) is 0.357. The highest BCUT2D eigenvalue weighted by Gasteiger charge is 2.17. The van der Waals surface area contributed by atoms with Crippen LogP contribution in [0.15, 0.2) is 42.2 Å². The normalized spacial score (nSPS) is 20.1. The highest BCUT2D eigenvalue weighted by molar-refractivity contribution is 5.67. The Bertz CT molecular complexity index is 392. The average Bonchev–Trinajstić information content (AvgIpc) is 2.30. The predicted molar refractivity (Wildman–Crippen MR) is 62.9 cm³/mol. The minimum atomic E-state index is -0.218. The number of rotatable bonds is 2. The summed E-state index contributed by atoms with van der Waals surface area (Å²) < 4.78 is 5.10. The molecule has 1 aliphatic rings. The van der Waals surface area contributed by atoms with E-state index in [1.807, 2.05) is 12.1 Å². The second-order valence-electron chi connectivity index (χ2n) is 4.15. The van der Waals surface area contributed by atoms with Crippen molar-refractivity contribution in [1.82, 2.24) is 0 Å². The molecule has 0 fully saturated rings. The molecule has 2 heteroatoms. The van der Waals surface area contributed by atoms with E-state index in [0.29, 0.717) is 5.92 Å². The topological polar surface area (TPSA) is 26.3 Å². The smallest absolute Gasteiger partial charge is 0.307 e. The van der Waals surface area contributed by atoms with Crippen LogP contribution in [0.2, 0.25) is 0 Å². The van der Waals surface area contributed by atoms with Crippen molar-refractivity contribution < 1.29 is 9.53 Å². The molecule has 2 rings (SSSR count). The number of allylic oxidation sites excluding steroid dienone is 2. The van der Waals surface area contributed by atoms with E-state index in [9.17, 15) is 4.79 Å². The summed E-state index contributed by atoms with van der Waals surface area (Å²) in [6, 6.07) is 10.5. The molecule has 1 aromatic carbocycles. The van der Waals surface area contributed by atoms with Crippen LogP contribution in [-0.4, -0.2) is 5.97 Å². The first-order chi connectivity index (χ1) is 7.75. The summed E-state index contributed by atoms with van der Waals surface area (Å²) >= 11 is 0. The maximum Gasteiger partial charge on any atom is 0.307 e. The molecule has 0 saturated heterocycles. The van der Waals surface area contributed by atoms with Crippen LogP contribution >= 0.6 is 0 Å². The molecule has 0 bridgehead atoms. The lowest BCUT2D eigenvalue weighted by Gasteiger charge is -2.21. The van der Waals surface area contributed by atoms with Gasteiger partial charge < -0.3 is 4.74 Å². The third-order valence-electron chi connectivity index (χ3n) is 2.92. The van der Waals surface area contributed by atoms with E-state index in [1.165, 1.54) is 12.5 Å². The minimum absolute atomic E-state index is 0.218. The molecule has 1 aliphatic carbocycles. The molecule has 0 N–H and O–H groups in total. The van der Waals surface area contributed by atoms with Gasteiger partial charge in [-0.3, -0.25) is 4.79 Å². The van der Waals surface area contributed by atoms with Crippen molar-refractivity contribution in [3.63, 3.8) is 0 Å². The predicted octanol–water partition coefficient (Wildman–Crippen LogP) is 3.40. The van der Waals surface area contributed by atoms with Gasteiger partial charge in [0.15, 0.2) is 0 Å². The number of benzene rings is 1. The Hall–Kier alpha value is -1.57. The van der Waals surface area contributed by atoms with Crippen molar-refractivity contribution in [3.05, 3.63) is 47.7 Å². The number of carbonyl (C=O) groups is 1. The first kappa shape index (κ1) is 10.9. The Morgan fingerprint density at radius 2 is 2.06 bits per heavy atom. The van der Waals surface area contributed by atoms with Crippen molar-refractivity contribution in [3.8, 4) is 0 Å². The highest BCUT2D eigenvalue weighted by Crippen LogP contribution is 2.32. The summed E-state index contributed by atoms with van der Waals surface area (Å²) in [5.41, 5.74) is 1.38. The van der Waals surface area contributed by atoms with Gasteiger partial charge in [0, 0.05) is 13.3 Å². The molecule has 1 atom stereocenters. The van der Waals surface area contributed by atoms with Gasteiger partial charge in [0.05, 0.1) is 0 Å². The quantitative estimate of drug-likeness (QED) is 0.708. The zero-order valence-electron chi connectivity index (χ0n) is 9.48. The largest absolute Gasteiger partial charge is 0.432 e. The van der Waals surface area contributed by atoms with Crippen LogP contribution in [-0.2, 0) is 9.53 Å². The lowest BCUT2D eigenvalue weighted by atomic mass is 9.87. The molecular weight excluding hydrogens is 200 g/mol. The van der Waals surface area contributed by atoms with E-state index in [4.69, 9.17) is 4.74 Å². The van der Waals surface area contributed by atoms with Crippen molar-refractivity contribution in [2.45, 2.75) is 32.1 Å². The number of ether oxygens (including phenoxy) is 1. The fourth-order valence-corrected chi connectivity index (χ4v) is 2.12. The number of carbonyl (C=O) groups excluding carboxylic acids is 1. The van der Waals surface area contributed by atoms with E-state index in [0.717, 1.165) is 25.0 Å². The lowest BCUT2D eigenvalue weighted by Crippen LogP contribution is -2.08. The second kappa shape index (κ2) is 4.97. The molecule has 0 amide bonds. The Labute approximate surface area is 95.9 Å². The maximum absolute atomic E-state index is 10.8. The number of esters is 1. The van der Waals surface area contributed by atoms with E-state index >= 15 is 0 Å². The summed E-state index contributed by atoms with van der Waals surface area (Å²) in [6.07, 6.45) is 4.93. The van der Waals surface area contributed by atoms with Gasteiger partial charge in [0.2, 0.25) is 0 Å². The first-order valence-electron chi connectivity index (χ1n) is 5.68. The third-order valence-corrected chi connectivity index (χ3v) is 2.92. The van der Waals surface area contributed by atoms with Gasteiger partial charge in [-0.05, 0) is 30.4 Å². The van der Waals surface area contributed by atoms with Crippen LogP contribution in [0, 0.1) is 0 Å². The van der Waals surface area contributed by atoms with Gasteiger partial charge in [-0.2, -0.15) is 0 Å². The fourth-order valence-electron chi connectivity index (χ4n) is 2.12. The zero-order chi connectivity index (χ0) is 11.4. The summed E-state index contributed by atoms with van der Waals surface area (Å²) in [4.78, 5) is 10.8. The van der Waals surface area contributed by atoms with Crippen LogP contribution in [0.25, 0.3) is 0 Å². The van der Waals surface area contributed by atoms with Gasteiger partial charge in [-0.15, -0.1) is 0 Å². The molecule has 0 radical (unpaired) electrons. The summed E-state index contributed by atoms with van der Waals surface area (Å²) in [7, 11) is 0. The van der Waals surface area contributed by atoms with Gasteiger partial charge in [-0.1, -0.05) is 30.3 Å². The molecule has 0 heterocycles. The lowest BCUT2D eigenvalue weighted by molar-refractivity contribution is -0.137. The molecule has 2 nitrogen and oxygen atoms in total. The second-order valence-corrected chi connectivity index (χ2v) is 4.15. The molecule has 1 unspecified atom stereocenters. The summed E-state index contributed by atoms with van der Waals surface area (Å²) in [5, 5.41) is 0. The van der Waals surface area contributed by atoms with Gasteiger partial charge in [-0.25, -0.2) is 0 Å². The van der Waals surface area contributed by atoms with Gasteiger partial charge in [0.1, 0.15) is 5.76 Å². The van der Waals surface area contributed by atoms with Crippen molar-refractivity contribution in [1.29, 1.82) is 0 Å². The average molecular weight is 216 g/mol. The van der Waals surface area contributed by atoms with Crippen LogP contribution in [0.4, 0.5) is 0 Å². The molecular formula is C14H16O2. The van der Waals surface area contributed by atoms with Crippen molar-refractivity contribution >= 4 is 5.97 Å². The van der Waals surface area contributed by atoms with Gasteiger partial charge >= 0.3 is 5.97 Å². The molecule has 0 aromatic heterocycles. The Kier molecular flexibility index (Phi) is 3.40. The van der Waals surface area contributed by atoms with E-state index in [2.05, 4.69) is 24.3 Å². The summed E-state index contributed by atoms with van der Waals surface area (Å²) in [6.45, 7) is 1.45. The van der Waals surface area contributed by atoms with Crippen LogP contribution in [0.1, 0.15) is 37.7 Å². The van der Waals surface area contributed by atoms with Crippen LogP contribution < -0.4 is 0 Å². The Balaban J connectivity index is 1.99. The molecule has 84 valence electrons. The van der Waals surface area contributed by atoms with E-state index in [-0.39, 0.29) is 5.97 Å². The third kappa shape index (κ3) is 2.72. The van der Waals surface area contributed by atoms with Crippen molar-refractivity contribution in [2.75, 3.05) is 0 Å². The summed E-state index contributed by atoms with van der Waals surface area (Å²) in [5.74, 6) is 1.18. The Morgan fingerprint density at radius 1 is 1.31 bits per heavy atom. The first-order valence-corrected chi connectivity index (χ1v) is 5.68. The molecule has 0 aliphatic heterocycles. The monoisotopic (exact) mass is 216 g/mol. The zero-order valence-corrected chi connectivity index (χ0v) is 9.48. The Morgan fingerprint density at radius 3 is 2.62 bits per heavy atom. The minimum Gasteiger partial charge on any atom is -0.432 e. The number of hydrogen-bond donors (Lipinski definition) is 0. The molecule has 16 heavy (non-hydrogen) atoms. The molecule has 1 aromatic rings. The standard InChI is InChI=1S/C14H16O2/c1-11(15)16-14-9-7-13(8-10-14)12-5-3-2-4-6-12/h2-6,9,13H,7-8,10H2,1H3. The van der Waals surface area contributed by atoms with E-state index in [1.54, 1.807) is 0 Å². The highest BCUT2D eigenvalue weighted by atomic mass is 16.5. The molecule has 0 saturated carbocycles.